The highest BCUT2D eigenvalue weighted by molar-refractivity contribution is 5.80. The van der Waals surface area contributed by atoms with Crippen LogP contribution in [0.4, 0.5) is 0 Å². The fourth-order valence-electron chi connectivity index (χ4n) is 3.23. The molecule has 4 nitrogen and oxygen atoms in total. The Morgan fingerprint density at radius 1 is 0.844 bits per heavy atom. The van der Waals surface area contributed by atoms with Gasteiger partial charge in [-0.1, -0.05) is 80.6 Å². The number of aromatic nitrogens is 1. The zero-order valence-electron chi connectivity index (χ0n) is 18.4. The lowest BCUT2D eigenvalue weighted by Crippen LogP contribution is -2.05. The van der Waals surface area contributed by atoms with Crippen molar-refractivity contribution in [1.82, 2.24) is 4.98 Å². The first-order valence-corrected chi connectivity index (χ1v) is 10.7. The maximum absolute atomic E-state index is 11.0. The Hall–Kier alpha value is -3.92. The van der Waals surface area contributed by atoms with E-state index in [0.29, 0.717) is 6.61 Å². The number of hydrogen-bond acceptors (Lipinski definition) is 3. The minimum Gasteiger partial charge on any atom is -0.489 e. The van der Waals surface area contributed by atoms with Crippen LogP contribution in [0.5, 0.6) is 5.75 Å². The first-order chi connectivity index (χ1) is 15.7. The average molecular weight is 426 g/mol. The van der Waals surface area contributed by atoms with Gasteiger partial charge in [0, 0.05) is 5.39 Å². The highest BCUT2D eigenvalue weighted by atomic mass is 16.5. The third-order valence-electron chi connectivity index (χ3n) is 4.80. The SMILES string of the molecule is CC.O=C(O)Cc1ccccc1COc1ccc(/C=C/c2ccc3ccccc3n2)cc1. The van der Waals surface area contributed by atoms with E-state index in [0.717, 1.165) is 39.0 Å². The van der Waals surface area contributed by atoms with E-state index in [-0.39, 0.29) is 6.42 Å². The van der Waals surface area contributed by atoms with E-state index < -0.39 is 5.97 Å². The number of aliphatic carboxylic acids is 1. The van der Waals surface area contributed by atoms with Gasteiger partial charge >= 0.3 is 5.97 Å². The predicted molar refractivity (Wildman–Crippen MR) is 131 cm³/mol. The molecule has 4 aromatic rings. The van der Waals surface area contributed by atoms with Crippen molar-refractivity contribution in [2.45, 2.75) is 26.9 Å². The zero-order valence-corrected chi connectivity index (χ0v) is 18.4. The minimum absolute atomic E-state index is 0.00786. The van der Waals surface area contributed by atoms with Crippen molar-refractivity contribution >= 4 is 29.0 Å². The molecule has 0 saturated heterocycles. The van der Waals surface area contributed by atoms with Crippen LogP contribution in [0.3, 0.4) is 0 Å². The second kappa shape index (κ2) is 11.5. The smallest absolute Gasteiger partial charge is 0.307 e. The average Bonchev–Trinajstić information content (AvgIpc) is 2.83. The molecule has 0 aliphatic carbocycles. The molecule has 0 radical (unpaired) electrons. The Balaban J connectivity index is 0.00000141. The van der Waals surface area contributed by atoms with Gasteiger partial charge in [-0.25, -0.2) is 4.98 Å². The summed E-state index contributed by atoms with van der Waals surface area (Å²) < 4.78 is 5.85. The minimum atomic E-state index is -0.848. The largest absolute Gasteiger partial charge is 0.489 e. The molecule has 0 aliphatic rings. The van der Waals surface area contributed by atoms with E-state index in [4.69, 9.17) is 9.84 Å². The molecule has 4 rings (SSSR count). The summed E-state index contributed by atoms with van der Waals surface area (Å²) in [6.45, 7) is 4.33. The number of carboxylic acid groups (broad SMARTS) is 1. The predicted octanol–water partition coefficient (Wildman–Crippen LogP) is 6.64. The molecule has 0 saturated carbocycles. The van der Waals surface area contributed by atoms with Crippen molar-refractivity contribution in [2.75, 3.05) is 0 Å². The van der Waals surface area contributed by atoms with Crippen LogP contribution in [0.15, 0.2) is 84.9 Å². The molecule has 4 heteroatoms. The zero-order chi connectivity index (χ0) is 22.8. The number of fused-ring (bicyclic) bond motifs is 1. The molecular weight excluding hydrogens is 398 g/mol. The number of benzene rings is 3. The Bertz CT molecular complexity index is 1200. The fraction of sp³-hybridized carbons (Fsp3) is 0.143. The van der Waals surface area contributed by atoms with Gasteiger partial charge in [0.05, 0.1) is 17.6 Å². The third kappa shape index (κ3) is 6.29. The fourth-order valence-corrected chi connectivity index (χ4v) is 3.23. The Morgan fingerprint density at radius 2 is 1.53 bits per heavy atom. The van der Waals surface area contributed by atoms with Crippen LogP contribution in [0, 0.1) is 0 Å². The number of nitrogens with zero attached hydrogens (tertiary/aromatic N) is 1. The van der Waals surface area contributed by atoms with Crippen molar-refractivity contribution < 1.29 is 14.6 Å². The van der Waals surface area contributed by atoms with Crippen LogP contribution >= 0.6 is 0 Å². The van der Waals surface area contributed by atoms with Gasteiger partial charge in [-0.05, 0) is 47.0 Å². The van der Waals surface area contributed by atoms with Crippen LogP contribution in [-0.4, -0.2) is 16.1 Å². The molecule has 1 heterocycles. The lowest BCUT2D eigenvalue weighted by Gasteiger charge is -2.10. The van der Waals surface area contributed by atoms with Crippen molar-refractivity contribution in [2.24, 2.45) is 0 Å². The van der Waals surface area contributed by atoms with E-state index in [1.807, 2.05) is 98.8 Å². The summed E-state index contributed by atoms with van der Waals surface area (Å²) in [5, 5.41) is 10.2. The van der Waals surface area contributed by atoms with Crippen LogP contribution < -0.4 is 4.74 Å². The maximum Gasteiger partial charge on any atom is 0.307 e. The molecule has 0 unspecified atom stereocenters. The van der Waals surface area contributed by atoms with E-state index in [9.17, 15) is 4.79 Å². The molecule has 1 N–H and O–H groups in total. The van der Waals surface area contributed by atoms with Gasteiger partial charge in [0.25, 0.3) is 0 Å². The summed E-state index contributed by atoms with van der Waals surface area (Å²) in [4.78, 5) is 15.7. The highest BCUT2D eigenvalue weighted by Crippen LogP contribution is 2.18. The normalized spacial score (nSPS) is 10.6. The molecule has 1 aromatic heterocycles. The molecule has 0 bridgehead atoms. The van der Waals surface area contributed by atoms with Gasteiger partial charge in [-0.15, -0.1) is 0 Å². The van der Waals surface area contributed by atoms with Gasteiger partial charge in [0.1, 0.15) is 12.4 Å². The molecular formula is C28H27NO3. The van der Waals surface area contributed by atoms with Crippen molar-refractivity contribution in [3.8, 4) is 5.75 Å². The molecule has 0 aliphatic heterocycles. The summed E-state index contributed by atoms with van der Waals surface area (Å²) in [5.74, 6) is -0.111. The van der Waals surface area contributed by atoms with Crippen LogP contribution in [0.2, 0.25) is 0 Å². The number of pyridine rings is 1. The van der Waals surface area contributed by atoms with E-state index >= 15 is 0 Å². The van der Waals surface area contributed by atoms with Crippen molar-refractivity contribution in [3.05, 3.63) is 107 Å². The van der Waals surface area contributed by atoms with Crippen LogP contribution in [0.1, 0.15) is 36.2 Å². The molecule has 32 heavy (non-hydrogen) atoms. The molecule has 0 amide bonds. The standard InChI is InChI=1S/C26H21NO3.C2H6/c28-26(29)17-21-6-1-2-7-22(21)18-30-24-15-10-19(11-16-24)9-13-23-14-12-20-5-3-4-8-25(20)27-23;1-2/h1-16H,17-18H2,(H,28,29);1-2H3/b13-9+;. The van der Waals surface area contributed by atoms with E-state index in [1.54, 1.807) is 0 Å². The molecule has 0 atom stereocenters. The summed E-state index contributed by atoms with van der Waals surface area (Å²) >= 11 is 0. The topological polar surface area (TPSA) is 59.4 Å². The summed E-state index contributed by atoms with van der Waals surface area (Å²) in [6, 6.07) is 27.4. The summed E-state index contributed by atoms with van der Waals surface area (Å²) in [7, 11) is 0. The number of carboxylic acids is 1. The number of ether oxygens (including phenoxy) is 1. The number of para-hydroxylation sites is 1. The number of rotatable bonds is 7. The van der Waals surface area contributed by atoms with Gasteiger partial charge < -0.3 is 9.84 Å². The monoisotopic (exact) mass is 425 g/mol. The lowest BCUT2D eigenvalue weighted by atomic mass is 10.1. The first-order valence-electron chi connectivity index (χ1n) is 10.7. The number of hydrogen-bond donors (Lipinski definition) is 1. The van der Waals surface area contributed by atoms with E-state index in [2.05, 4.69) is 17.1 Å². The molecule has 162 valence electrons. The lowest BCUT2D eigenvalue weighted by molar-refractivity contribution is -0.136. The van der Waals surface area contributed by atoms with E-state index in [1.165, 1.54) is 0 Å². The number of carbonyl (C=O) groups is 1. The van der Waals surface area contributed by atoms with Gasteiger partial charge in [-0.3, -0.25) is 4.79 Å². The van der Waals surface area contributed by atoms with Gasteiger partial charge in [-0.2, -0.15) is 0 Å². The Labute approximate surface area is 188 Å². The van der Waals surface area contributed by atoms with Gasteiger partial charge in [0.2, 0.25) is 0 Å². The van der Waals surface area contributed by atoms with Crippen LogP contribution in [-0.2, 0) is 17.8 Å². The quantitative estimate of drug-likeness (QED) is 0.361. The first kappa shape index (κ1) is 22.8. The van der Waals surface area contributed by atoms with Gasteiger partial charge in [0.15, 0.2) is 0 Å². The molecule has 0 fully saturated rings. The van der Waals surface area contributed by atoms with Crippen LogP contribution in [0.25, 0.3) is 23.1 Å². The highest BCUT2D eigenvalue weighted by Gasteiger charge is 2.07. The molecule has 0 spiro atoms. The summed E-state index contributed by atoms with van der Waals surface area (Å²) in [6.07, 6.45) is 4.00. The van der Waals surface area contributed by atoms with Crippen molar-refractivity contribution in [3.63, 3.8) is 0 Å². The Kier molecular flexibility index (Phi) is 8.15. The Morgan fingerprint density at radius 3 is 2.28 bits per heavy atom. The maximum atomic E-state index is 11.0. The second-order valence-electron chi connectivity index (χ2n) is 6.96. The second-order valence-corrected chi connectivity index (χ2v) is 6.96. The third-order valence-corrected chi connectivity index (χ3v) is 4.80. The van der Waals surface area contributed by atoms with Crippen molar-refractivity contribution in [1.29, 1.82) is 0 Å². The summed E-state index contributed by atoms with van der Waals surface area (Å²) in [5.41, 5.74) is 4.58. The molecule has 3 aromatic carbocycles.